The monoisotopic (exact) mass is 348 g/mol. The molecule has 0 aromatic carbocycles. The molecule has 0 radical (unpaired) electrons. The lowest BCUT2D eigenvalue weighted by molar-refractivity contribution is 0.186. The molecule has 3 heterocycles. The highest BCUT2D eigenvalue weighted by molar-refractivity contribution is 7.99. The molecular weight excluding hydrogens is 316 g/mol. The average molecular weight is 349 g/mol. The first-order chi connectivity index (χ1) is 11.7. The van der Waals surface area contributed by atoms with Crippen LogP contribution in [0.25, 0.3) is 0 Å². The second-order valence-electron chi connectivity index (χ2n) is 7.65. The molecule has 0 aliphatic carbocycles. The molecular formula is C19H32N4S. The van der Waals surface area contributed by atoms with Gasteiger partial charge in [-0.25, -0.2) is 9.97 Å². The van der Waals surface area contributed by atoms with Gasteiger partial charge < -0.3 is 9.80 Å². The van der Waals surface area contributed by atoms with E-state index in [1.54, 1.807) is 0 Å². The number of thioether (sulfide) groups is 1. The van der Waals surface area contributed by atoms with Crippen LogP contribution >= 0.6 is 11.8 Å². The molecule has 2 fully saturated rings. The maximum absolute atomic E-state index is 4.88. The number of piperidine rings is 1. The van der Waals surface area contributed by atoms with Gasteiger partial charge in [0, 0.05) is 43.2 Å². The van der Waals surface area contributed by atoms with Gasteiger partial charge in [0.15, 0.2) is 5.16 Å². The topological polar surface area (TPSA) is 32.3 Å². The largest absolute Gasteiger partial charge is 0.303 e. The molecule has 0 N–H and O–H groups in total. The van der Waals surface area contributed by atoms with Crippen LogP contribution in [0, 0.1) is 5.92 Å². The molecule has 4 nitrogen and oxygen atoms in total. The predicted octanol–water partition coefficient (Wildman–Crippen LogP) is 3.50. The zero-order valence-electron chi connectivity index (χ0n) is 15.3. The number of likely N-dealkylation sites (tertiary alicyclic amines) is 2. The Balaban J connectivity index is 1.52. The van der Waals surface area contributed by atoms with Crippen molar-refractivity contribution >= 4 is 11.8 Å². The fraction of sp³-hybridized carbons (Fsp3) is 0.789. The number of aromatic nitrogens is 2. The molecule has 2 aliphatic heterocycles. The van der Waals surface area contributed by atoms with Gasteiger partial charge in [0.25, 0.3) is 0 Å². The lowest BCUT2D eigenvalue weighted by Gasteiger charge is -2.33. The lowest BCUT2D eigenvalue weighted by atomic mass is 9.94. The molecule has 1 aromatic heterocycles. The third-order valence-corrected chi connectivity index (χ3v) is 5.88. The van der Waals surface area contributed by atoms with E-state index in [9.17, 15) is 0 Å². The van der Waals surface area contributed by atoms with Gasteiger partial charge in [0.05, 0.1) is 0 Å². The SMILES string of the molecule is CC(C)CN1CCC[C@@H](c2ccnc(SCCN3CCCC3)n2)C1. The summed E-state index contributed by atoms with van der Waals surface area (Å²) in [5.41, 5.74) is 1.25. The number of hydrogen-bond donors (Lipinski definition) is 0. The van der Waals surface area contributed by atoms with Crippen molar-refractivity contribution in [1.82, 2.24) is 19.8 Å². The fourth-order valence-corrected chi connectivity index (χ4v) is 4.74. The highest BCUT2D eigenvalue weighted by atomic mass is 32.2. The first-order valence-corrected chi connectivity index (χ1v) is 10.6. The normalized spacial score (nSPS) is 23.2. The predicted molar refractivity (Wildman–Crippen MR) is 102 cm³/mol. The van der Waals surface area contributed by atoms with Gasteiger partial charge in [-0.2, -0.15) is 0 Å². The molecule has 0 bridgehead atoms. The molecule has 0 unspecified atom stereocenters. The standard InChI is InChI=1S/C19H32N4S/c1-16(2)14-23-11-5-6-17(15-23)18-7-8-20-19(21-18)24-13-12-22-9-3-4-10-22/h7-8,16-17H,3-6,9-15H2,1-2H3/t17-/m1/s1. The van der Waals surface area contributed by atoms with Crippen molar-refractivity contribution < 1.29 is 0 Å². The van der Waals surface area contributed by atoms with Gasteiger partial charge in [0.1, 0.15) is 0 Å². The van der Waals surface area contributed by atoms with E-state index in [1.165, 1.54) is 64.1 Å². The van der Waals surface area contributed by atoms with E-state index in [0.29, 0.717) is 5.92 Å². The summed E-state index contributed by atoms with van der Waals surface area (Å²) in [6.07, 6.45) is 7.25. The van der Waals surface area contributed by atoms with E-state index in [-0.39, 0.29) is 0 Å². The molecule has 0 spiro atoms. The molecule has 0 amide bonds. The van der Waals surface area contributed by atoms with Crippen molar-refractivity contribution in [2.45, 2.75) is 50.6 Å². The van der Waals surface area contributed by atoms with Gasteiger partial charge in [-0.1, -0.05) is 25.6 Å². The van der Waals surface area contributed by atoms with Crippen molar-refractivity contribution in [3.05, 3.63) is 18.0 Å². The summed E-state index contributed by atoms with van der Waals surface area (Å²) in [4.78, 5) is 14.5. The maximum Gasteiger partial charge on any atom is 0.187 e. The second-order valence-corrected chi connectivity index (χ2v) is 8.72. The zero-order valence-corrected chi connectivity index (χ0v) is 16.1. The summed E-state index contributed by atoms with van der Waals surface area (Å²) >= 11 is 1.82. The van der Waals surface area contributed by atoms with Gasteiger partial charge in [-0.15, -0.1) is 0 Å². The summed E-state index contributed by atoms with van der Waals surface area (Å²) in [7, 11) is 0. The molecule has 1 aromatic rings. The third kappa shape index (κ3) is 5.43. The molecule has 2 aliphatic rings. The summed E-state index contributed by atoms with van der Waals surface area (Å²) in [5, 5.41) is 0.965. The van der Waals surface area contributed by atoms with E-state index < -0.39 is 0 Å². The number of nitrogens with zero attached hydrogens (tertiary/aromatic N) is 4. The first-order valence-electron chi connectivity index (χ1n) is 9.61. The molecule has 24 heavy (non-hydrogen) atoms. The van der Waals surface area contributed by atoms with Crippen LogP contribution in [0.1, 0.15) is 51.1 Å². The lowest BCUT2D eigenvalue weighted by Crippen LogP contribution is -2.37. The van der Waals surface area contributed by atoms with Crippen molar-refractivity contribution in [2.24, 2.45) is 5.92 Å². The van der Waals surface area contributed by atoms with Crippen LogP contribution in [0.4, 0.5) is 0 Å². The van der Waals surface area contributed by atoms with Gasteiger partial charge >= 0.3 is 0 Å². The van der Waals surface area contributed by atoms with Crippen molar-refractivity contribution in [1.29, 1.82) is 0 Å². The van der Waals surface area contributed by atoms with Gasteiger partial charge in [-0.3, -0.25) is 0 Å². The summed E-state index contributed by atoms with van der Waals surface area (Å²) in [5.74, 6) is 2.43. The van der Waals surface area contributed by atoms with E-state index >= 15 is 0 Å². The van der Waals surface area contributed by atoms with Crippen LogP contribution in [0.3, 0.4) is 0 Å². The highest BCUT2D eigenvalue weighted by Crippen LogP contribution is 2.27. The van der Waals surface area contributed by atoms with Gasteiger partial charge in [-0.05, 0) is 57.3 Å². The van der Waals surface area contributed by atoms with E-state index in [1.807, 2.05) is 18.0 Å². The number of rotatable bonds is 7. The fourth-order valence-electron chi connectivity index (χ4n) is 3.90. The number of hydrogen-bond acceptors (Lipinski definition) is 5. The van der Waals surface area contributed by atoms with Crippen molar-refractivity contribution in [3.63, 3.8) is 0 Å². The molecule has 5 heteroatoms. The van der Waals surface area contributed by atoms with E-state index in [2.05, 4.69) is 34.7 Å². The second kappa shape index (κ2) is 9.16. The Hall–Kier alpha value is -0.650. The quantitative estimate of drug-likeness (QED) is 0.556. The van der Waals surface area contributed by atoms with Crippen molar-refractivity contribution in [2.75, 3.05) is 45.0 Å². The van der Waals surface area contributed by atoms with Crippen LogP contribution < -0.4 is 0 Å². The smallest absolute Gasteiger partial charge is 0.187 e. The molecule has 3 rings (SSSR count). The summed E-state index contributed by atoms with van der Waals surface area (Å²) in [6, 6.07) is 2.13. The molecule has 0 saturated carbocycles. The minimum absolute atomic E-state index is 0.582. The Morgan fingerprint density at radius 2 is 1.96 bits per heavy atom. The average Bonchev–Trinajstić information content (AvgIpc) is 3.08. The molecule has 2 saturated heterocycles. The summed E-state index contributed by atoms with van der Waals surface area (Å²) in [6.45, 7) is 11.9. The van der Waals surface area contributed by atoms with Crippen LogP contribution in [-0.2, 0) is 0 Å². The van der Waals surface area contributed by atoms with Crippen molar-refractivity contribution in [3.8, 4) is 0 Å². The van der Waals surface area contributed by atoms with Crippen LogP contribution in [0.5, 0.6) is 0 Å². The van der Waals surface area contributed by atoms with Crippen LogP contribution in [-0.4, -0.2) is 64.8 Å². The molecule has 1 atom stereocenters. The third-order valence-electron chi connectivity index (χ3n) is 5.04. The Kier molecular flexibility index (Phi) is 6.93. The van der Waals surface area contributed by atoms with Crippen LogP contribution in [0.2, 0.25) is 0 Å². The zero-order chi connectivity index (χ0) is 16.8. The van der Waals surface area contributed by atoms with Gasteiger partial charge in [0.2, 0.25) is 0 Å². The molecule has 134 valence electrons. The first kappa shape index (κ1) is 18.2. The van der Waals surface area contributed by atoms with E-state index in [0.717, 1.165) is 23.4 Å². The minimum atomic E-state index is 0.582. The Labute approximate surface area is 151 Å². The highest BCUT2D eigenvalue weighted by Gasteiger charge is 2.23. The Morgan fingerprint density at radius 1 is 1.17 bits per heavy atom. The van der Waals surface area contributed by atoms with E-state index in [4.69, 9.17) is 4.98 Å². The Morgan fingerprint density at radius 3 is 2.75 bits per heavy atom. The minimum Gasteiger partial charge on any atom is -0.303 e. The summed E-state index contributed by atoms with van der Waals surface area (Å²) < 4.78 is 0. The van der Waals surface area contributed by atoms with Crippen LogP contribution in [0.15, 0.2) is 17.4 Å². The Bertz CT molecular complexity index is 502. The maximum atomic E-state index is 4.88.